The standard InChI is InChI=1S/C20H25N3O3/c1-14-5-3-4-6-15(14)11-22-9-8-18-17(13-22)21-19(26-18)20(24)23-10-7-16(12-23)25-2/h3-6,16H,7-13H2,1-2H3/t16-/m0/s1. The van der Waals surface area contributed by atoms with Crippen molar-refractivity contribution in [2.24, 2.45) is 0 Å². The first kappa shape index (κ1) is 17.2. The molecule has 0 spiro atoms. The Morgan fingerprint density at radius 3 is 2.96 bits per heavy atom. The quantitative estimate of drug-likeness (QED) is 0.843. The Bertz CT molecular complexity index is 801. The van der Waals surface area contributed by atoms with Crippen LogP contribution in [0.15, 0.2) is 28.7 Å². The first-order valence-corrected chi connectivity index (χ1v) is 9.21. The first-order valence-electron chi connectivity index (χ1n) is 9.21. The predicted octanol–water partition coefficient (Wildman–Crippen LogP) is 2.40. The van der Waals surface area contributed by atoms with E-state index in [4.69, 9.17) is 9.15 Å². The van der Waals surface area contributed by atoms with Crippen LogP contribution in [-0.2, 0) is 24.2 Å². The Morgan fingerprint density at radius 1 is 1.35 bits per heavy atom. The van der Waals surface area contributed by atoms with Crippen molar-refractivity contribution in [2.75, 3.05) is 26.7 Å². The number of carbonyl (C=O) groups is 1. The van der Waals surface area contributed by atoms with Gasteiger partial charge in [-0.1, -0.05) is 24.3 Å². The van der Waals surface area contributed by atoms with Gasteiger partial charge in [0.05, 0.1) is 11.8 Å². The van der Waals surface area contributed by atoms with E-state index in [-0.39, 0.29) is 17.9 Å². The highest BCUT2D eigenvalue weighted by Gasteiger charge is 2.31. The van der Waals surface area contributed by atoms with Crippen LogP contribution in [0.1, 0.15) is 39.7 Å². The molecule has 6 nitrogen and oxygen atoms in total. The van der Waals surface area contributed by atoms with Crippen molar-refractivity contribution in [3.63, 3.8) is 0 Å². The number of hydrogen-bond acceptors (Lipinski definition) is 5. The monoisotopic (exact) mass is 355 g/mol. The molecule has 1 atom stereocenters. The Hall–Kier alpha value is -2.18. The van der Waals surface area contributed by atoms with E-state index in [1.54, 1.807) is 12.0 Å². The van der Waals surface area contributed by atoms with E-state index < -0.39 is 0 Å². The minimum absolute atomic E-state index is 0.119. The van der Waals surface area contributed by atoms with Crippen LogP contribution in [-0.4, -0.2) is 53.5 Å². The molecule has 2 aromatic rings. The number of hydrogen-bond donors (Lipinski definition) is 0. The van der Waals surface area contributed by atoms with Crippen LogP contribution >= 0.6 is 0 Å². The normalized spacial score (nSPS) is 20.4. The SMILES string of the molecule is CO[C@H]1CCN(C(=O)c2nc3c(o2)CCN(Cc2ccccc2C)C3)C1. The molecule has 3 heterocycles. The number of carbonyl (C=O) groups excluding carboxylic acids is 1. The van der Waals surface area contributed by atoms with Crippen LogP contribution in [0.3, 0.4) is 0 Å². The van der Waals surface area contributed by atoms with Gasteiger partial charge in [-0.3, -0.25) is 9.69 Å². The lowest BCUT2D eigenvalue weighted by molar-refractivity contribution is 0.0687. The van der Waals surface area contributed by atoms with Gasteiger partial charge in [0, 0.05) is 46.3 Å². The summed E-state index contributed by atoms with van der Waals surface area (Å²) in [6, 6.07) is 8.45. The molecule has 2 aliphatic heterocycles. The molecule has 0 radical (unpaired) electrons. The van der Waals surface area contributed by atoms with Gasteiger partial charge in [0.25, 0.3) is 5.89 Å². The number of aromatic nitrogens is 1. The summed E-state index contributed by atoms with van der Waals surface area (Å²) >= 11 is 0. The molecule has 4 rings (SSSR count). The van der Waals surface area contributed by atoms with Gasteiger partial charge < -0.3 is 14.1 Å². The van der Waals surface area contributed by atoms with Gasteiger partial charge >= 0.3 is 5.91 Å². The fraction of sp³-hybridized carbons (Fsp3) is 0.500. The molecule has 0 bridgehead atoms. The van der Waals surface area contributed by atoms with Crippen molar-refractivity contribution in [1.82, 2.24) is 14.8 Å². The lowest BCUT2D eigenvalue weighted by Crippen LogP contribution is -2.30. The summed E-state index contributed by atoms with van der Waals surface area (Å²) in [5.41, 5.74) is 3.53. The number of methoxy groups -OCH3 is 1. The first-order chi connectivity index (χ1) is 12.6. The zero-order valence-electron chi connectivity index (χ0n) is 15.4. The molecule has 0 aliphatic carbocycles. The van der Waals surface area contributed by atoms with Crippen molar-refractivity contribution in [1.29, 1.82) is 0 Å². The number of rotatable bonds is 4. The van der Waals surface area contributed by atoms with E-state index in [1.165, 1.54) is 11.1 Å². The largest absolute Gasteiger partial charge is 0.437 e. The van der Waals surface area contributed by atoms with E-state index in [2.05, 4.69) is 41.1 Å². The molecule has 1 saturated heterocycles. The van der Waals surface area contributed by atoms with Gasteiger partial charge in [-0.15, -0.1) is 0 Å². The van der Waals surface area contributed by atoms with Crippen LogP contribution < -0.4 is 0 Å². The Kier molecular flexibility index (Phi) is 4.78. The van der Waals surface area contributed by atoms with Gasteiger partial charge in [-0.25, -0.2) is 4.98 Å². The summed E-state index contributed by atoms with van der Waals surface area (Å²) in [5, 5.41) is 0. The third-order valence-electron chi connectivity index (χ3n) is 5.41. The molecule has 6 heteroatoms. The molecule has 1 fully saturated rings. The Labute approximate surface area is 153 Å². The summed E-state index contributed by atoms with van der Waals surface area (Å²) in [6.45, 7) is 5.98. The number of amides is 1. The van der Waals surface area contributed by atoms with Gasteiger partial charge in [0.2, 0.25) is 0 Å². The van der Waals surface area contributed by atoms with Crippen LogP contribution in [0.2, 0.25) is 0 Å². The summed E-state index contributed by atoms with van der Waals surface area (Å²) in [6.07, 6.45) is 1.78. The molecule has 0 saturated carbocycles. The van der Waals surface area contributed by atoms with Gasteiger partial charge in [-0.05, 0) is 24.5 Å². The van der Waals surface area contributed by atoms with E-state index in [0.717, 1.165) is 43.9 Å². The highest BCUT2D eigenvalue weighted by Crippen LogP contribution is 2.24. The molecule has 2 aliphatic rings. The molecule has 26 heavy (non-hydrogen) atoms. The Morgan fingerprint density at radius 2 is 2.19 bits per heavy atom. The zero-order valence-corrected chi connectivity index (χ0v) is 15.4. The van der Waals surface area contributed by atoms with Gasteiger partial charge in [0.1, 0.15) is 5.76 Å². The smallest absolute Gasteiger partial charge is 0.309 e. The number of nitrogens with zero attached hydrogens (tertiary/aromatic N) is 3. The lowest BCUT2D eigenvalue weighted by atomic mass is 10.1. The van der Waals surface area contributed by atoms with E-state index in [0.29, 0.717) is 13.1 Å². The van der Waals surface area contributed by atoms with E-state index in [9.17, 15) is 4.79 Å². The fourth-order valence-corrected chi connectivity index (χ4v) is 3.75. The van der Waals surface area contributed by atoms with Crippen LogP contribution in [0.4, 0.5) is 0 Å². The fourth-order valence-electron chi connectivity index (χ4n) is 3.75. The number of likely N-dealkylation sites (tertiary alicyclic amines) is 1. The third kappa shape index (κ3) is 3.39. The summed E-state index contributed by atoms with van der Waals surface area (Å²) < 4.78 is 11.1. The second-order valence-corrected chi connectivity index (χ2v) is 7.17. The van der Waals surface area contributed by atoms with Gasteiger partial charge in [-0.2, -0.15) is 0 Å². The molecule has 1 amide bonds. The van der Waals surface area contributed by atoms with Gasteiger partial charge in [0.15, 0.2) is 0 Å². The van der Waals surface area contributed by atoms with Crippen molar-refractivity contribution in [3.8, 4) is 0 Å². The maximum atomic E-state index is 12.6. The van der Waals surface area contributed by atoms with Crippen molar-refractivity contribution >= 4 is 5.91 Å². The molecule has 0 unspecified atom stereocenters. The number of ether oxygens (including phenoxy) is 1. The number of fused-ring (bicyclic) bond motifs is 1. The molecular weight excluding hydrogens is 330 g/mol. The minimum atomic E-state index is -0.121. The molecule has 138 valence electrons. The summed E-state index contributed by atoms with van der Waals surface area (Å²) in [7, 11) is 1.69. The molecule has 1 aromatic heterocycles. The summed E-state index contributed by atoms with van der Waals surface area (Å²) in [5.74, 6) is 0.964. The second-order valence-electron chi connectivity index (χ2n) is 7.17. The maximum absolute atomic E-state index is 12.6. The van der Waals surface area contributed by atoms with Crippen molar-refractivity contribution < 1.29 is 13.9 Å². The second kappa shape index (κ2) is 7.21. The number of benzene rings is 1. The zero-order chi connectivity index (χ0) is 18.1. The summed E-state index contributed by atoms with van der Waals surface area (Å²) in [4.78, 5) is 21.3. The topological polar surface area (TPSA) is 58.8 Å². The Balaban J connectivity index is 1.44. The van der Waals surface area contributed by atoms with E-state index >= 15 is 0 Å². The molecular formula is C20H25N3O3. The lowest BCUT2D eigenvalue weighted by Gasteiger charge is -2.25. The minimum Gasteiger partial charge on any atom is -0.437 e. The average molecular weight is 355 g/mol. The molecule has 1 aromatic carbocycles. The predicted molar refractivity (Wildman–Crippen MR) is 96.8 cm³/mol. The van der Waals surface area contributed by atoms with Crippen molar-refractivity contribution in [3.05, 3.63) is 52.7 Å². The van der Waals surface area contributed by atoms with Crippen LogP contribution in [0.25, 0.3) is 0 Å². The number of aryl methyl sites for hydroxylation is 1. The van der Waals surface area contributed by atoms with E-state index in [1.807, 2.05) is 0 Å². The average Bonchev–Trinajstić information content (AvgIpc) is 3.29. The third-order valence-corrected chi connectivity index (χ3v) is 5.41. The maximum Gasteiger partial charge on any atom is 0.309 e. The van der Waals surface area contributed by atoms with Crippen LogP contribution in [0, 0.1) is 6.92 Å². The molecule has 0 N–H and O–H groups in total. The number of oxazole rings is 1. The highest BCUT2D eigenvalue weighted by molar-refractivity contribution is 5.90. The highest BCUT2D eigenvalue weighted by atomic mass is 16.5. The van der Waals surface area contributed by atoms with Crippen molar-refractivity contribution in [2.45, 2.75) is 39.0 Å². The van der Waals surface area contributed by atoms with Crippen LogP contribution in [0.5, 0.6) is 0 Å².